The van der Waals surface area contributed by atoms with Crippen molar-refractivity contribution < 1.29 is 8.83 Å². The van der Waals surface area contributed by atoms with Gasteiger partial charge in [-0.25, -0.2) is 9.97 Å². The molecule has 64 heavy (non-hydrogen) atoms. The second-order valence-corrected chi connectivity index (χ2v) is 15.9. The topological polar surface area (TPSA) is 58.5 Å². The molecule has 0 radical (unpaired) electrons. The van der Waals surface area contributed by atoms with Crippen molar-refractivity contribution in [3.8, 4) is 34.0 Å². The van der Waals surface area contributed by atoms with Crippen molar-refractivity contribution in [3.05, 3.63) is 231 Å². The van der Waals surface area contributed by atoms with Crippen molar-refractivity contribution in [2.75, 3.05) is 9.80 Å². The van der Waals surface area contributed by atoms with Crippen molar-refractivity contribution in [1.29, 1.82) is 0 Å². The lowest BCUT2D eigenvalue weighted by Crippen LogP contribution is -2.09. The second-order valence-electron chi connectivity index (χ2n) is 15.9. The highest BCUT2D eigenvalue weighted by atomic mass is 16.4. The zero-order chi connectivity index (χ0) is 42.4. The first-order valence-electron chi connectivity index (χ1n) is 21.4. The lowest BCUT2D eigenvalue weighted by Gasteiger charge is -2.26. The quantitative estimate of drug-likeness (QED) is 0.145. The predicted octanol–water partition coefficient (Wildman–Crippen LogP) is 16.2. The van der Waals surface area contributed by atoms with Gasteiger partial charge in [0.2, 0.25) is 11.8 Å². The lowest BCUT2D eigenvalue weighted by atomic mass is 10.1. The lowest BCUT2D eigenvalue weighted by molar-refractivity contribution is 0.619. The minimum atomic E-state index is 0.571. The number of rotatable bonds is 9. The molecule has 0 atom stereocenters. The fourth-order valence-corrected chi connectivity index (χ4v) is 8.64. The van der Waals surface area contributed by atoms with Crippen LogP contribution in [0.5, 0.6) is 0 Å². The standard InChI is InChI=1S/C58H38N4O2/c1-3-15-47(16-4-1)61(51-31-19-39-11-7-9-13-43(39)35-51)49-27-21-41(22-28-49)57-59-53-33-25-45(37-55(53)63-57)46-26-34-54-56(38-46)64-58(60-54)42-23-29-50(30-24-42)62(48-17-5-2-6-18-48)52-32-20-40-12-8-10-14-44(40)36-52/h1-38H. The Balaban J connectivity index is 0.807. The SMILES string of the molecule is c1ccc(N(c2ccc(-c3nc4ccc(-c5ccc6nc(-c7ccc(N(c8ccccc8)c8ccc9ccccc9c8)cc7)oc6c5)cc4o3)cc2)c2ccc3ccccc3c2)cc1. The third kappa shape index (κ3) is 6.89. The summed E-state index contributed by atoms with van der Waals surface area (Å²) in [7, 11) is 0. The van der Waals surface area contributed by atoms with Crippen LogP contribution in [0.4, 0.5) is 34.1 Å². The highest BCUT2D eigenvalue weighted by Crippen LogP contribution is 2.40. The van der Waals surface area contributed by atoms with Gasteiger partial charge in [0.05, 0.1) is 0 Å². The largest absolute Gasteiger partial charge is 0.436 e. The number of benzene rings is 10. The summed E-state index contributed by atoms with van der Waals surface area (Å²) in [5.41, 5.74) is 13.2. The van der Waals surface area contributed by atoms with E-state index in [-0.39, 0.29) is 0 Å². The molecule has 0 saturated carbocycles. The van der Waals surface area contributed by atoms with E-state index in [9.17, 15) is 0 Å². The van der Waals surface area contributed by atoms with Crippen LogP contribution in [0.1, 0.15) is 0 Å². The zero-order valence-corrected chi connectivity index (χ0v) is 34.5. The molecule has 0 saturated heterocycles. The zero-order valence-electron chi connectivity index (χ0n) is 34.5. The van der Waals surface area contributed by atoms with Crippen LogP contribution < -0.4 is 9.80 Å². The van der Waals surface area contributed by atoms with Gasteiger partial charge in [0.1, 0.15) is 11.0 Å². The van der Waals surface area contributed by atoms with Crippen molar-refractivity contribution in [2.24, 2.45) is 0 Å². The van der Waals surface area contributed by atoms with Crippen molar-refractivity contribution in [3.63, 3.8) is 0 Å². The molecule has 6 nitrogen and oxygen atoms in total. The maximum Gasteiger partial charge on any atom is 0.227 e. The molecule has 0 aliphatic carbocycles. The molecule has 0 aliphatic rings. The normalized spacial score (nSPS) is 11.4. The molecule has 302 valence electrons. The van der Waals surface area contributed by atoms with Gasteiger partial charge in [-0.15, -0.1) is 0 Å². The van der Waals surface area contributed by atoms with Crippen LogP contribution in [0.2, 0.25) is 0 Å². The van der Waals surface area contributed by atoms with Crippen molar-refractivity contribution in [1.82, 2.24) is 9.97 Å². The number of para-hydroxylation sites is 2. The van der Waals surface area contributed by atoms with E-state index in [0.717, 1.165) is 67.4 Å². The first kappa shape index (κ1) is 37.1. The number of anilines is 6. The smallest absolute Gasteiger partial charge is 0.227 e. The Morgan fingerprint density at radius 3 is 1.03 bits per heavy atom. The molecule has 0 spiro atoms. The summed E-state index contributed by atoms with van der Waals surface area (Å²) in [6.07, 6.45) is 0. The molecule has 0 unspecified atom stereocenters. The number of nitrogens with zero attached hydrogens (tertiary/aromatic N) is 4. The number of hydrogen-bond acceptors (Lipinski definition) is 6. The Morgan fingerprint density at radius 1 is 0.266 bits per heavy atom. The van der Waals surface area contributed by atoms with E-state index in [1.807, 2.05) is 36.4 Å². The van der Waals surface area contributed by atoms with Gasteiger partial charge in [0, 0.05) is 45.3 Å². The molecular weight excluding hydrogens is 785 g/mol. The molecule has 2 heterocycles. The number of oxazole rings is 2. The second kappa shape index (κ2) is 15.6. The summed E-state index contributed by atoms with van der Waals surface area (Å²) < 4.78 is 12.8. The molecule has 6 heteroatoms. The first-order chi connectivity index (χ1) is 31.7. The van der Waals surface area contributed by atoms with Gasteiger partial charge in [-0.2, -0.15) is 0 Å². The molecule has 0 aliphatic heterocycles. The molecule has 12 rings (SSSR count). The average Bonchev–Trinajstić information content (AvgIpc) is 4.00. The molecule has 12 aromatic rings. The third-order valence-corrected chi connectivity index (χ3v) is 11.9. The summed E-state index contributed by atoms with van der Waals surface area (Å²) >= 11 is 0. The minimum absolute atomic E-state index is 0.571. The number of fused-ring (bicyclic) bond motifs is 4. The van der Waals surface area contributed by atoms with Gasteiger partial charge in [0.15, 0.2) is 11.2 Å². The van der Waals surface area contributed by atoms with Crippen LogP contribution in [0.15, 0.2) is 239 Å². The van der Waals surface area contributed by atoms with Crippen molar-refractivity contribution in [2.45, 2.75) is 0 Å². The molecule has 0 amide bonds. The fourth-order valence-electron chi connectivity index (χ4n) is 8.64. The van der Waals surface area contributed by atoms with E-state index in [4.69, 9.17) is 18.8 Å². The van der Waals surface area contributed by atoms with Gasteiger partial charge in [-0.1, -0.05) is 109 Å². The summed E-state index contributed by atoms with van der Waals surface area (Å²) in [4.78, 5) is 14.3. The van der Waals surface area contributed by atoms with Crippen molar-refractivity contribution >= 4 is 77.9 Å². The summed E-state index contributed by atoms with van der Waals surface area (Å²) in [5, 5.41) is 4.81. The molecule has 10 aromatic carbocycles. The first-order valence-corrected chi connectivity index (χ1v) is 21.4. The maximum atomic E-state index is 6.42. The monoisotopic (exact) mass is 822 g/mol. The van der Waals surface area contributed by atoms with Gasteiger partial charge in [-0.05, 0) is 154 Å². The van der Waals surface area contributed by atoms with Crippen LogP contribution in [-0.4, -0.2) is 9.97 Å². The summed E-state index contributed by atoms with van der Waals surface area (Å²) in [6, 6.07) is 80.0. The number of hydrogen-bond donors (Lipinski definition) is 0. The summed E-state index contributed by atoms with van der Waals surface area (Å²) in [6.45, 7) is 0. The van der Waals surface area contributed by atoms with E-state index < -0.39 is 0 Å². The Kier molecular flexibility index (Phi) is 9.05. The molecule has 0 fully saturated rings. The molecule has 0 bridgehead atoms. The van der Waals surface area contributed by atoms with Gasteiger partial charge >= 0.3 is 0 Å². The summed E-state index contributed by atoms with van der Waals surface area (Å²) in [5.74, 6) is 1.14. The maximum absolute atomic E-state index is 6.42. The van der Waals surface area contributed by atoms with E-state index in [0.29, 0.717) is 22.9 Å². The Morgan fingerprint density at radius 2 is 0.609 bits per heavy atom. The average molecular weight is 823 g/mol. The fraction of sp³-hybridized carbons (Fsp3) is 0. The minimum Gasteiger partial charge on any atom is -0.436 e. The third-order valence-electron chi connectivity index (χ3n) is 11.9. The Labute approximate surface area is 369 Å². The Hall–Kier alpha value is -8.74. The van der Waals surface area contributed by atoms with Gasteiger partial charge < -0.3 is 18.6 Å². The highest BCUT2D eigenvalue weighted by molar-refractivity contribution is 5.92. The number of aromatic nitrogens is 2. The molecule has 2 aromatic heterocycles. The van der Waals surface area contributed by atoms with Crippen LogP contribution in [0, 0.1) is 0 Å². The van der Waals surface area contributed by atoms with Crippen LogP contribution >= 0.6 is 0 Å². The van der Waals surface area contributed by atoms with Gasteiger partial charge in [-0.3, -0.25) is 0 Å². The highest BCUT2D eigenvalue weighted by Gasteiger charge is 2.18. The van der Waals surface area contributed by atoms with E-state index in [2.05, 4.69) is 204 Å². The molecule has 0 N–H and O–H groups in total. The molecular formula is C58H38N4O2. The predicted molar refractivity (Wildman–Crippen MR) is 262 cm³/mol. The van der Waals surface area contributed by atoms with E-state index in [1.165, 1.54) is 21.5 Å². The van der Waals surface area contributed by atoms with E-state index in [1.54, 1.807) is 0 Å². The van der Waals surface area contributed by atoms with Crippen LogP contribution in [-0.2, 0) is 0 Å². The van der Waals surface area contributed by atoms with Gasteiger partial charge in [0.25, 0.3) is 0 Å². The van der Waals surface area contributed by atoms with Crippen LogP contribution in [0.3, 0.4) is 0 Å². The Bertz CT molecular complexity index is 3380. The van der Waals surface area contributed by atoms with E-state index >= 15 is 0 Å². The van der Waals surface area contributed by atoms with Crippen LogP contribution in [0.25, 0.3) is 77.8 Å².